The number of carbonyl (C=O) groups excluding carboxylic acids is 2. The number of methoxy groups -OCH3 is 1. The second-order valence-electron chi connectivity index (χ2n) is 11.4. The number of benzene rings is 2. The molecule has 0 radical (unpaired) electrons. The van der Waals surface area contributed by atoms with E-state index < -0.39 is 68.3 Å². The van der Waals surface area contributed by atoms with E-state index >= 15 is 4.39 Å². The molecular formula is C32H39FN3O9P. The van der Waals surface area contributed by atoms with E-state index in [0.29, 0.717) is 5.56 Å². The smallest absolute Gasteiger partial charge is 0.459 e. The molecule has 0 spiro atoms. The largest absolute Gasteiger partial charge is 0.462 e. The maximum Gasteiger partial charge on any atom is 0.459 e. The first-order valence-electron chi connectivity index (χ1n) is 14.6. The second-order valence-corrected chi connectivity index (χ2v) is 13.1. The minimum Gasteiger partial charge on any atom is -0.462 e. The third-order valence-electron chi connectivity index (χ3n) is 7.27. The van der Waals surface area contributed by atoms with E-state index in [-0.39, 0.29) is 5.75 Å². The Morgan fingerprint density at radius 1 is 1.13 bits per heavy atom. The van der Waals surface area contributed by atoms with E-state index in [1.165, 1.54) is 50.3 Å². The number of nitrogens with zero attached hydrogens (tertiary/aromatic N) is 1. The Bertz CT molecular complexity index is 1530. The number of carbonyl (C=O) groups is 2. The number of nitrogens with one attached hydrogen (secondary N) is 2. The number of halogens is 1. The molecule has 0 bridgehead atoms. The molecule has 2 aromatic carbocycles. The summed E-state index contributed by atoms with van der Waals surface area (Å²) in [5.74, 6) is 3.53. The third kappa shape index (κ3) is 8.33. The van der Waals surface area contributed by atoms with Crippen molar-refractivity contribution in [2.75, 3.05) is 13.7 Å². The molecule has 12 nitrogen and oxygen atoms in total. The minimum atomic E-state index is -4.39. The molecule has 3 N–H and O–H groups in total. The number of amides is 1. The van der Waals surface area contributed by atoms with Crippen molar-refractivity contribution in [3.63, 3.8) is 0 Å². The fourth-order valence-electron chi connectivity index (χ4n) is 4.72. The number of aliphatic hydroxyl groups excluding tert-OH is 1. The lowest BCUT2D eigenvalue weighted by atomic mass is 9.97. The van der Waals surface area contributed by atoms with Gasteiger partial charge in [0.1, 0.15) is 24.0 Å². The van der Waals surface area contributed by atoms with Gasteiger partial charge in [0.05, 0.1) is 12.7 Å². The molecule has 0 saturated carbocycles. The zero-order chi connectivity index (χ0) is 33.7. The second kappa shape index (κ2) is 14.3. The van der Waals surface area contributed by atoms with E-state index in [2.05, 4.69) is 22.2 Å². The summed E-state index contributed by atoms with van der Waals surface area (Å²) in [5, 5.41) is 16.1. The zero-order valence-corrected chi connectivity index (χ0v) is 27.3. The SMILES string of the molecule is COC1(C)NC(=O)C=CN1[C@@H]1O[C@H](COP(=O)(N[C@@H](C)C(=O)OC(C)C)Oc2ccc(C#Cc3ccccc3)cc2)[C@@H](O)[C@@]1(C)F. The third-order valence-corrected chi connectivity index (χ3v) is 8.92. The highest BCUT2D eigenvalue weighted by molar-refractivity contribution is 7.52. The molecule has 1 amide bonds. The van der Waals surface area contributed by atoms with Crippen LogP contribution in [-0.4, -0.2) is 77.7 Å². The Labute approximate surface area is 267 Å². The van der Waals surface area contributed by atoms with Crippen LogP contribution in [0, 0.1) is 11.8 Å². The van der Waals surface area contributed by atoms with Crippen molar-refractivity contribution < 1.29 is 46.9 Å². The van der Waals surface area contributed by atoms with Crippen molar-refractivity contribution in [1.29, 1.82) is 0 Å². The number of esters is 1. The normalized spacial score (nSPS) is 27.7. The molecule has 2 aliphatic rings. The molecule has 0 aliphatic carbocycles. The number of alkyl halides is 1. The number of hydrogen-bond acceptors (Lipinski definition) is 10. The molecule has 7 atom stereocenters. The predicted octanol–water partition coefficient (Wildman–Crippen LogP) is 3.60. The molecule has 1 fully saturated rings. The molecule has 248 valence electrons. The van der Waals surface area contributed by atoms with Gasteiger partial charge in [0.2, 0.25) is 11.8 Å². The van der Waals surface area contributed by atoms with Crippen LogP contribution < -0.4 is 14.9 Å². The first-order chi connectivity index (χ1) is 21.7. The predicted molar refractivity (Wildman–Crippen MR) is 166 cm³/mol. The summed E-state index contributed by atoms with van der Waals surface area (Å²) in [7, 11) is -3.07. The van der Waals surface area contributed by atoms with E-state index in [9.17, 15) is 19.3 Å². The van der Waals surface area contributed by atoms with Gasteiger partial charge in [0.15, 0.2) is 11.9 Å². The summed E-state index contributed by atoms with van der Waals surface area (Å²) in [6, 6.07) is 14.7. The molecule has 2 aliphatic heterocycles. The number of aliphatic hydroxyl groups is 1. The van der Waals surface area contributed by atoms with Crippen molar-refractivity contribution in [3.05, 3.63) is 78.0 Å². The lowest BCUT2D eigenvalue weighted by molar-refractivity contribution is -0.213. The monoisotopic (exact) mass is 659 g/mol. The van der Waals surface area contributed by atoms with Gasteiger partial charge in [-0.1, -0.05) is 30.0 Å². The fraction of sp³-hybridized carbons (Fsp3) is 0.438. The summed E-state index contributed by atoms with van der Waals surface area (Å²) < 4.78 is 58.0. The van der Waals surface area contributed by atoms with Gasteiger partial charge in [0.25, 0.3) is 0 Å². The molecule has 4 rings (SSSR count). The van der Waals surface area contributed by atoms with Gasteiger partial charge in [-0.15, -0.1) is 0 Å². The van der Waals surface area contributed by atoms with Gasteiger partial charge in [0, 0.05) is 37.4 Å². The van der Waals surface area contributed by atoms with Gasteiger partial charge >= 0.3 is 13.7 Å². The maximum absolute atomic E-state index is 16.0. The standard InChI is InChI=1S/C32H39FN3O9P/c1-21(2)43-29(39)22(3)35-46(40,45-25-16-14-24(15-17-25)13-12-23-10-8-7-9-11-23)42-20-26-28(38)31(4,33)30(44-26)36-19-18-27(37)34-32(36,5)41-6/h7-11,14-19,21-22,26,28,30,38H,20H2,1-6H3,(H,34,37)(H,35,40)/t22-,26+,28+,30+,31+,32?,46?/m0/s1. The molecule has 2 aromatic rings. The summed E-state index contributed by atoms with van der Waals surface area (Å²) >= 11 is 0. The lowest BCUT2D eigenvalue weighted by Crippen LogP contribution is -2.66. The van der Waals surface area contributed by atoms with Crippen LogP contribution in [0.1, 0.15) is 45.7 Å². The summed E-state index contributed by atoms with van der Waals surface area (Å²) in [6.07, 6.45) is -2.53. The molecule has 46 heavy (non-hydrogen) atoms. The van der Waals surface area contributed by atoms with Crippen LogP contribution in [0.4, 0.5) is 4.39 Å². The molecule has 2 heterocycles. The van der Waals surface area contributed by atoms with Gasteiger partial charge < -0.3 is 34.1 Å². The van der Waals surface area contributed by atoms with Crippen molar-refractivity contribution in [1.82, 2.24) is 15.3 Å². The fourth-order valence-corrected chi connectivity index (χ4v) is 6.23. The van der Waals surface area contributed by atoms with Crippen LogP contribution >= 0.6 is 7.75 Å². The van der Waals surface area contributed by atoms with Crippen molar-refractivity contribution >= 4 is 19.6 Å². The Morgan fingerprint density at radius 3 is 2.37 bits per heavy atom. The van der Waals surface area contributed by atoms with E-state index in [1.807, 2.05) is 30.3 Å². The van der Waals surface area contributed by atoms with Gasteiger partial charge in [-0.25, -0.2) is 8.96 Å². The first-order valence-corrected chi connectivity index (χ1v) is 16.2. The highest BCUT2D eigenvalue weighted by Crippen LogP contribution is 2.47. The number of hydrogen-bond donors (Lipinski definition) is 3. The maximum atomic E-state index is 16.0. The average Bonchev–Trinajstić information content (AvgIpc) is 3.23. The van der Waals surface area contributed by atoms with Crippen LogP contribution in [0.15, 0.2) is 66.9 Å². The molecule has 1 saturated heterocycles. The summed E-state index contributed by atoms with van der Waals surface area (Å²) in [6.45, 7) is 6.77. The van der Waals surface area contributed by atoms with E-state index in [1.54, 1.807) is 26.0 Å². The van der Waals surface area contributed by atoms with Gasteiger partial charge in [-0.2, -0.15) is 5.09 Å². The Morgan fingerprint density at radius 2 is 1.76 bits per heavy atom. The van der Waals surface area contributed by atoms with Crippen LogP contribution in [-0.2, 0) is 32.9 Å². The topological polar surface area (TPSA) is 145 Å². The Hall–Kier alpha value is -3.76. The van der Waals surface area contributed by atoms with Crippen LogP contribution in [0.2, 0.25) is 0 Å². The molecule has 2 unspecified atom stereocenters. The number of ether oxygens (including phenoxy) is 3. The van der Waals surface area contributed by atoms with Crippen molar-refractivity contribution in [2.45, 2.75) is 76.7 Å². The van der Waals surface area contributed by atoms with Crippen LogP contribution in [0.5, 0.6) is 5.75 Å². The summed E-state index contributed by atoms with van der Waals surface area (Å²) in [5.41, 5.74) is -0.901. The van der Waals surface area contributed by atoms with Crippen molar-refractivity contribution in [3.8, 4) is 17.6 Å². The lowest BCUT2D eigenvalue weighted by Gasteiger charge is -2.46. The average molecular weight is 660 g/mol. The first kappa shape index (κ1) is 35.1. The van der Waals surface area contributed by atoms with Crippen molar-refractivity contribution in [2.24, 2.45) is 0 Å². The molecule has 14 heteroatoms. The number of rotatable bonds is 11. The highest BCUT2D eigenvalue weighted by Gasteiger charge is 2.59. The Kier molecular flexibility index (Phi) is 10.9. The quantitative estimate of drug-likeness (QED) is 0.185. The Balaban J connectivity index is 1.53. The van der Waals surface area contributed by atoms with E-state index in [4.69, 9.17) is 23.3 Å². The van der Waals surface area contributed by atoms with Crippen LogP contribution in [0.25, 0.3) is 0 Å². The zero-order valence-electron chi connectivity index (χ0n) is 26.4. The van der Waals surface area contributed by atoms with Gasteiger partial charge in [-0.05, 0) is 64.1 Å². The minimum absolute atomic E-state index is 0.122. The van der Waals surface area contributed by atoms with Crippen LogP contribution in [0.3, 0.4) is 0 Å². The highest BCUT2D eigenvalue weighted by atomic mass is 31.2. The van der Waals surface area contributed by atoms with E-state index in [0.717, 1.165) is 12.5 Å². The molecule has 0 aromatic heterocycles. The summed E-state index contributed by atoms with van der Waals surface area (Å²) in [4.78, 5) is 25.8. The molecular weight excluding hydrogens is 620 g/mol. The van der Waals surface area contributed by atoms with Gasteiger partial charge in [-0.3, -0.25) is 14.1 Å².